The smallest absolute Gasteiger partial charge is 0.256 e. The number of rotatable bonds is 4. The molecule has 0 bridgehead atoms. The van der Waals surface area contributed by atoms with Crippen molar-refractivity contribution in [1.29, 1.82) is 0 Å². The molecule has 0 spiro atoms. The summed E-state index contributed by atoms with van der Waals surface area (Å²) in [7, 11) is -1.49. The molecule has 1 amide bonds. The van der Waals surface area contributed by atoms with Crippen molar-refractivity contribution in [2.45, 2.75) is 4.90 Å². The average Bonchev–Trinajstić information content (AvgIpc) is 2.51. The second kappa shape index (κ2) is 7.02. The summed E-state index contributed by atoms with van der Waals surface area (Å²) in [6, 6.07) is 4.37. The van der Waals surface area contributed by atoms with Crippen LogP contribution in [0.3, 0.4) is 0 Å². The maximum atomic E-state index is 13.8. The van der Waals surface area contributed by atoms with E-state index in [0.717, 1.165) is 22.5 Å². The monoisotopic (exact) mass is 391 g/mol. The van der Waals surface area contributed by atoms with Gasteiger partial charge in [-0.05, 0) is 18.2 Å². The van der Waals surface area contributed by atoms with Crippen molar-refractivity contribution < 1.29 is 17.6 Å². The minimum atomic E-state index is -4.02. The van der Waals surface area contributed by atoms with E-state index in [0.29, 0.717) is 0 Å². The Morgan fingerprint density at radius 1 is 1.21 bits per heavy atom. The van der Waals surface area contributed by atoms with E-state index in [1.54, 1.807) is 0 Å². The quantitative estimate of drug-likeness (QED) is 0.868. The van der Waals surface area contributed by atoms with Gasteiger partial charge in [-0.2, -0.15) is 0 Å². The topological polar surface area (TPSA) is 79.4 Å². The Hall–Kier alpha value is -1.74. The standard InChI is InChI=1S/C14H12Cl2FN3O3S/c1-20(2)24(22,23)12-5-8(3-4-11(12)17)14(21)19-13-6-9(15)10(16)7-18-13/h3-7H,1-2H3,(H,18,19,21). The Morgan fingerprint density at radius 2 is 1.88 bits per heavy atom. The zero-order chi connectivity index (χ0) is 18.1. The van der Waals surface area contributed by atoms with Gasteiger partial charge in [-0.15, -0.1) is 0 Å². The number of hydrogen-bond acceptors (Lipinski definition) is 4. The van der Waals surface area contributed by atoms with Crippen LogP contribution in [0.1, 0.15) is 10.4 Å². The molecule has 0 saturated carbocycles. The lowest BCUT2D eigenvalue weighted by molar-refractivity contribution is 0.102. The van der Waals surface area contributed by atoms with Crippen molar-refractivity contribution in [3.05, 3.63) is 51.9 Å². The fourth-order valence-electron chi connectivity index (χ4n) is 1.71. The lowest BCUT2D eigenvalue weighted by Gasteiger charge is -2.13. The second-order valence-electron chi connectivity index (χ2n) is 4.87. The van der Waals surface area contributed by atoms with Crippen LogP contribution in [-0.4, -0.2) is 37.7 Å². The SMILES string of the molecule is CN(C)S(=O)(=O)c1cc(C(=O)Nc2cc(Cl)c(Cl)cn2)ccc1F. The number of nitrogens with one attached hydrogen (secondary N) is 1. The molecule has 0 radical (unpaired) electrons. The summed E-state index contributed by atoms with van der Waals surface area (Å²) in [6.45, 7) is 0. The van der Waals surface area contributed by atoms with E-state index >= 15 is 0 Å². The van der Waals surface area contributed by atoms with Crippen LogP contribution in [0.15, 0.2) is 35.4 Å². The minimum Gasteiger partial charge on any atom is -0.307 e. The molecule has 1 N–H and O–H groups in total. The van der Waals surface area contributed by atoms with Gasteiger partial charge in [-0.3, -0.25) is 4.79 Å². The summed E-state index contributed by atoms with van der Waals surface area (Å²) in [5, 5.41) is 2.84. The molecule has 2 aromatic rings. The first-order valence-electron chi connectivity index (χ1n) is 6.47. The molecule has 128 valence electrons. The molecule has 1 heterocycles. The highest BCUT2D eigenvalue weighted by molar-refractivity contribution is 7.89. The fraction of sp³-hybridized carbons (Fsp3) is 0.143. The van der Waals surface area contributed by atoms with Gasteiger partial charge in [-0.1, -0.05) is 23.2 Å². The number of nitrogens with zero attached hydrogens (tertiary/aromatic N) is 2. The normalized spacial score (nSPS) is 11.6. The Morgan fingerprint density at radius 3 is 2.46 bits per heavy atom. The Bertz CT molecular complexity index is 904. The third-order valence-electron chi connectivity index (χ3n) is 3.00. The van der Waals surface area contributed by atoms with Crippen molar-refractivity contribution in [2.75, 3.05) is 19.4 Å². The summed E-state index contributed by atoms with van der Waals surface area (Å²) in [6.07, 6.45) is 1.26. The molecule has 2 rings (SSSR count). The first-order chi connectivity index (χ1) is 11.1. The van der Waals surface area contributed by atoms with E-state index in [9.17, 15) is 17.6 Å². The fourth-order valence-corrected chi connectivity index (χ4v) is 2.95. The van der Waals surface area contributed by atoms with Gasteiger partial charge in [0.05, 0.1) is 10.0 Å². The highest BCUT2D eigenvalue weighted by atomic mass is 35.5. The third kappa shape index (κ3) is 3.84. The van der Waals surface area contributed by atoms with Gasteiger partial charge in [0, 0.05) is 31.9 Å². The Balaban J connectivity index is 2.35. The van der Waals surface area contributed by atoms with Crippen LogP contribution in [0.2, 0.25) is 10.0 Å². The predicted molar refractivity (Wildman–Crippen MR) is 89.5 cm³/mol. The number of hydrogen-bond donors (Lipinski definition) is 1. The van der Waals surface area contributed by atoms with Crippen molar-refractivity contribution in [1.82, 2.24) is 9.29 Å². The summed E-state index contributed by atoms with van der Waals surface area (Å²) in [4.78, 5) is 15.5. The van der Waals surface area contributed by atoms with E-state index in [-0.39, 0.29) is 21.4 Å². The number of carbonyl (C=O) groups excluding carboxylic acids is 1. The molecule has 24 heavy (non-hydrogen) atoms. The van der Waals surface area contributed by atoms with Gasteiger partial charge in [0.2, 0.25) is 10.0 Å². The summed E-state index contributed by atoms with van der Waals surface area (Å²) < 4.78 is 38.8. The molecule has 1 aromatic carbocycles. The van der Waals surface area contributed by atoms with Crippen molar-refractivity contribution >= 4 is 45.0 Å². The van der Waals surface area contributed by atoms with Gasteiger partial charge in [0.15, 0.2) is 0 Å². The van der Waals surface area contributed by atoms with Crippen molar-refractivity contribution in [2.24, 2.45) is 0 Å². The molecule has 6 nitrogen and oxygen atoms in total. The van der Waals surface area contributed by atoms with E-state index < -0.39 is 26.6 Å². The summed E-state index contributed by atoms with van der Waals surface area (Å²) >= 11 is 11.6. The molecule has 10 heteroatoms. The largest absolute Gasteiger partial charge is 0.307 e. The number of sulfonamides is 1. The van der Waals surface area contributed by atoms with Crippen LogP contribution in [0.25, 0.3) is 0 Å². The number of pyridine rings is 1. The number of amides is 1. The van der Waals surface area contributed by atoms with Crippen LogP contribution in [0, 0.1) is 5.82 Å². The van der Waals surface area contributed by atoms with Gasteiger partial charge < -0.3 is 5.32 Å². The summed E-state index contributed by atoms with van der Waals surface area (Å²) in [5.41, 5.74) is -0.0512. The maximum Gasteiger partial charge on any atom is 0.256 e. The number of anilines is 1. The molecular formula is C14H12Cl2FN3O3S. The second-order valence-corrected chi connectivity index (χ2v) is 7.81. The van der Waals surface area contributed by atoms with Gasteiger partial charge >= 0.3 is 0 Å². The average molecular weight is 392 g/mol. The molecular weight excluding hydrogens is 380 g/mol. The van der Waals surface area contributed by atoms with E-state index in [4.69, 9.17) is 23.2 Å². The molecule has 0 aliphatic carbocycles. The first-order valence-corrected chi connectivity index (χ1v) is 8.67. The van der Waals surface area contributed by atoms with E-state index in [1.807, 2.05) is 0 Å². The van der Waals surface area contributed by atoms with Crippen LogP contribution >= 0.6 is 23.2 Å². The zero-order valence-electron chi connectivity index (χ0n) is 12.5. The number of benzene rings is 1. The van der Waals surface area contributed by atoms with E-state index in [1.165, 1.54) is 26.4 Å². The third-order valence-corrected chi connectivity index (χ3v) is 5.54. The molecule has 0 aliphatic rings. The number of halogens is 3. The van der Waals surface area contributed by atoms with Crippen LogP contribution in [0.5, 0.6) is 0 Å². The van der Waals surface area contributed by atoms with Crippen LogP contribution in [0.4, 0.5) is 10.2 Å². The van der Waals surface area contributed by atoms with Crippen LogP contribution < -0.4 is 5.32 Å². The van der Waals surface area contributed by atoms with Gasteiger partial charge in [0.25, 0.3) is 5.91 Å². The Kier molecular flexibility index (Phi) is 5.44. The molecule has 0 aliphatic heterocycles. The highest BCUT2D eigenvalue weighted by Gasteiger charge is 2.23. The molecule has 1 aromatic heterocycles. The van der Waals surface area contributed by atoms with Crippen molar-refractivity contribution in [3.63, 3.8) is 0 Å². The molecule has 0 saturated heterocycles. The van der Waals surface area contributed by atoms with Crippen LogP contribution in [-0.2, 0) is 10.0 Å². The van der Waals surface area contributed by atoms with Crippen molar-refractivity contribution in [3.8, 4) is 0 Å². The predicted octanol–water partition coefficient (Wildman–Crippen LogP) is 3.03. The van der Waals surface area contributed by atoms with E-state index in [2.05, 4.69) is 10.3 Å². The number of carbonyl (C=O) groups is 1. The zero-order valence-corrected chi connectivity index (χ0v) is 14.9. The highest BCUT2D eigenvalue weighted by Crippen LogP contribution is 2.24. The van der Waals surface area contributed by atoms with Gasteiger partial charge in [-0.25, -0.2) is 22.1 Å². The number of aromatic nitrogens is 1. The lowest BCUT2D eigenvalue weighted by Crippen LogP contribution is -2.24. The maximum absolute atomic E-state index is 13.8. The van der Waals surface area contributed by atoms with Gasteiger partial charge in [0.1, 0.15) is 16.5 Å². The molecule has 0 fully saturated rings. The lowest BCUT2D eigenvalue weighted by atomic mass is 10.2. The summed E-state index contributed by atoms with van der Waals surface area (Å²) in [5.74, 6) is -1.50. The Labute approximate surface area is 148 Å². The molecule has 0 atom stereocenters. The first kappa shape index (κ1) is 18.6. The minimum absolute atomic E-state index is 0.0512. The molecule has 0 unspecified atom stereocenters.